The van der Waals surface area contributed by atoms with Crippen molar-refractivity contribution in [1.29, 1.82) is 0 Å². The molecule has 2 aliphatic heterocycles. The van der Waals surface area contributed by atoms with E-state index in [1.807, 2.05) is 32.0 Å². The summed E-state index contributed by atoms with van der Waals surface area (Å²) >= 11 is 6.71. The van der Waals surface area contributed by atoms with Crippen LogP contribution in [0.1, 0.15) is 68.7 Å². The van der Waals surface area contributed by atoms with Gasteiger partial charge in [-0.25, -0.2) is 9.69 Å². The van der Waals surface area contributed by atoms with E-state index >= 15 is 0 Å². The summed E-state index contributed by atoms with van der Waals surface area (Å²) in [5, 5.41) is 2.75. The topological polar surface area (TPSA) is 69.7 Å². The fraction of sp³-hybridized carbons (Fsp3) is 0.393. The van der Waals surface area contributed by atoms with Gasteiger partial charge in [-0.3, -0.25) is 14.9 Å². The lowest BCUT2D eigenvalue weighted by atomic mass is 9.79. The van der Waals surface area contributed by atoms with E-state index in [0.717, 1.165) is 46.7 Å². The van der Waals surface area contributed by atoms with Crippen LogP contribution in [0.15, 0.2) is 35.9 Å². The average molecular weight is 494 g/mol. The molecule has 1 atom stereocenters. The zero-order valence-electron chi connectivity index (χ0n) is 21.2. The lowest BCUT2D eigenvalue weighted by molar-refractivity contribution is -0.122. The first-order chi connectivity index (χ1) is 16.4. The number of urea groups is 1. The predicted molar refractivity (Wildman–Crippen MR) is 141 cm³/mol. The lowest BCUT2D eigenvalue weighted by Crippen LogP contribution is -2.54. The third-order valence-electron chi connectivity index (χ3n) is 7.10. The number of benzene rings is 2. The number of anilines is 2. The minimum atomic E-state index is -0.761. The molecule has 0 spiro atoms. The molecule has 184 valence electrons. The summed E-state index contributed by atoms with van der Waals surface area (Å²) in [6, 6.07) is 8.46. The van der Waals surface area contributed by atoms with Crippen molar-refractivity contribution >= 4 is 46.9 Å². The lowest BCUT2D eigenvalue weighted by Gasteiger charge is -2.47. The first kappa shape index (κ1) is 25.0. The number of aryl methyl sites for hydroxylation is 2. The van der Waals surface area contributed by atoms with Gasteiger partial charge in [0.15, 0.2) is 0 Å². The van der Waals surface area contributed by atoms with Crippen molar-refractivity contribution in [3.05, 3.63) is 63.2 Å². The molecule has 4 amide bonds. The van der Waals surface area contributed by atoms with E-state index in [2.05, 4.69) is 37.9 Å². The second-order valence-corrected chi connectivity index (χ2v) is 10.6. The first-order valence-corrected chi connectivity index (χ1v) is 12.4. The van der Waals surface area contributed by atoms with Crippen molar-refractivity contribution in [2.24, 2.45) is 0 Å². The number of halogens is 1. The minimum absolute atomic E-state index is 0.00199. The highest BCUT2D eigenvalue weighted by Crippen LogP contribution is 2.45. The summed E-state index contributed by atoms with van der Waals surface area (Å²) in [7, 11) is 0. The molecule has 2 heterocycles. The fourth-order valence-corrected chi connectivity index (χ4v) is 5.40. The zero-order chi connectivity index (χ0) is 25.7. The molecular weight excluding hydrogens is 462 g/mol. The van der Waals surface area contributed by atoms with Gasteiger partial charge >= 0.3 is 6.03 Å². The Hall–Kier alpha value is -3.12. The highest BCUT2D eigenvalue weighted by molar-refractivity contribution is 6.40. The number of hydrogen-bond acceptors (Lipinski definition) is 4. The number of carbonyl (C=O) groups excluding carboxylic acids is 3. The standard InChI is InChI=1S/C28H32ClN3O3/c1-7-10-31-24-14-23(29)19(12-21(24)18(4)15-28(31,5)6)13-22-25(33)30-27(35)32(26(22)34)20-9-8-16(2)17(3)11-20/h8-9,11-14,18H,7,10,15H2,1-6H3,(H,30,33,35)/b22-13-. The molecule has 6 nitrogen and oxygen atoms in total. The molecule has 7 heteroatoms. The monoisotopic (exact) mass is 493 g/mol. The summed E-state index contributed by atoms with van der Waals surface area (Å²) in [5.41, 5.74) is 5.08. The summed E-state index contributed by atoms with van der Waals surface area (Å²) in [6.07, 6.45) is 3.49. The van der Waals surface area contributed by atoms with E-state index in [4.69, 9.17) is 11.6 Å². The molecule has 0 aromatic heterocycles. The van der Waals surface area contributed by atoms with Gasteiger partial charge in [-0.1, -0.05) is 31.5 Å². The van der Waals surface area contributed by atoms with Crippen molar-refractivity contribution in [2.75, 3.05) is 16.3 Å². The van der Waals surface area contributed by atoms with Crippen LogP contribution in [-0.4, -0.2) is 29.9 Å². The Morgan fingerprint density at radius 2 is 1.83 bits per heavy atom. The summed E-state index contributed by atoms with van der Waals surface area (Å²) in [5.74, 6) is -1.11. The molecule has 1 N–H and O–H groups in total. The van der Waals surface area contributed by atoms with Crippen LogP contribution in [0.3, 0.4) is 0 Å². The van der Waals surface area contributed by atoms with Crippen molar-refractivity contribution in [2.45, 2.75) is 65.8 Å². The molecule has 0 bridgehead atoms. The molecule has 1 fully saturated rings. The Labute approximate surface area is 211 Å². The average Bonchev–Trinajstić information content (AvgIpc) is 2.76. The molecule has 35 heavy (non-hydrogen) atoms. The van der Waals surface area contributed by atoms with Crippen LogP contribution >= 0.6 is 11.6 Å². The Morgan fingerprint density at radius 3 is 2.49 bits per heavy atom. The Morgan fingerprint density at radius 1 is 1.11 bits per heavy atom. The second kappa shape index (κ2) is 9.15. The van der Waals surface area contributed by atoms with Gasteiger partial charge in [0.05, 0.1) is 5.69 Å². The van der Waals surface area contributed by atoms with Crippen LogP contribution in [0.25, 0.3) is 6.08 Å². The van der Waals surface area contributed by atoms with E-state index in [1.165, 1.54) is 6.08 Å². The number of amides is 4. The molecular formula is C28H32ClN3O3. The van der Waals surface area contributed by atoms with E-state index in [1.54, 1.807) is 12.1 Å². The maximum atomic E-state index is 13.4. The van der Waals surface area contributed by atoms with Gasteiger partial charge < -0.3 is 4.90 Å². The second-order valence-electron chi connectivity index (χ2n) is 10.2. The molecule has 2 aromatic carbocycles. The number of hydrogen-bond donors (Lipinski definition) is 1. The van der Waals surface area contributed by atoms with E-state index < -0.39 is 17.8 Å². The zero-order valence-corrected chi connectivity index (χ0v) is 21.9. The molecule has 2 aliphatic rings. The summed E-state index contributed by atoms with van der Waals surface area (Å²) < 4.78 is 0. The van der Waals surface area contributed by atoms with Gasteiger partial charge in [0.2, 0.25) is 0 Å². The van der Waals surface area contributed by atoms with Gasteiger partial charge in [-0.2, -0.15) is 0 Å². The van der Waals surface area contributed by atoms with E-state index in [-0.39, 0.29) is 17.0 Å². The fourth-order valence-electron chi connectivity index (χ4n) is 5.19. The van der Waals surface area contributed by atoms with Crippen LogP contribution in [0, 0.1) is 13.8 Å². The van der Waals surface area contributed by atoms with Crippen LogP contribution < -0.4 is 15.1 Å². The highest BCUT2D eigenvalue weighted by Gasteiger charge is 2.38. The van der Waals surface area contributed by atoms with Crippen molar-refractivity contribution in [3.63, 3.8) is 0 Å². The minimum Gasteiger partial charge on any atom is -0.366 e. The van der Waals surface area contributed by atoms with Gasteiger partial charge in [-0.15, -0.1) is 0 Å². The molecule has 0 radical (unpaired) electrons. The van der Waals surface area contributed by atoms with Crippen LogP contribution in [-0.2, 0) is 9.59 Å². The van der Waals surface area contributed by atoms with Gasteiger partial charge in [-0.05, 0) is 99.0 Å². The first-order valence-electron chi connectivity index (χ1n) is 12.0. The Balaban J connectivity index is 1.77. The number of nitrogens with one attached hydrogen (secondary N) is 1. The van der Waals surface area contributed by atoms with Gasteiger partial charge in [0.1, 0.15) is 5.57 Å². The third-order valence-corrected chi connectivity index (χ3v) is 7.43. The number of carbonyl (C=O) groups is 3. The largest absolute Gasteiger partial charge is 0.366 e. The summed E-state index contributed by atoms with van der Waals surface area (Å²) in [4.78, 5) is 42.0. The van der Waals surface area contributed by atoms with Crippen molar-refractivity contribution in [3.8, 4) is 0 Å². The van der Waals surface area contributed by atoms with E-state index in [9.17, 15) is 14.4 Å². The third kappa shape index (κ3) is 4.47. The van der Waals surface area contributed by atoms with Crippen molar-refractivity contribution in [1.82, 2.24) is 5.32 Å². The predicted octanol–water partition coefficient (Wildman–Crippen LogP) is 6.13. The molecule has 4 rings (SSSR count). The number of rotatable bonds is 4. The smallest absolute Gasteiger partial charge is 0.335 e. The quantitative estimate of drug-likeness (QED) is 0.411. The highest BCUT2D eigenvalue weighted by atomic mass is 35.5. The van der Waals surface area contributed by atoms with Crippen LogP contribution in [0.5, 0.6) is 0 Å². The molecule has 0 saturated carbocycles. The SMILES string of the molecule is CCCN1c2cc(Cl)c(/C=C3/C(=O)NC(=O)N(c4ccc(C)c(C)c4)C3=O)cc2C(C)CC1(C)C. The normalized spacial score (nSPS) is 20.8. The van der Waals surface area contributed by atoms with Crippen LogP contribution in [0.2, 0.25) is 5.02 Å². The van der Waals surface area contributed by atoms with Gasteiger partial charge in [0, 0.05) is 22.8 Å². The molecule has 0 aliphatic carbocycles. The summed E-state index contributed by atoms with van der Waals surface area (Å²) in [6.45, 7) is 13.6. The van der Waals surface area contributed by atoms with Crippen molar-refractivity contribution < 1.29 is 14.4 Å². The number of fused-ring (bicyclic) bond motifs is 1. The molecule has 1 unspecified atom stereocenters. The molecule has 1 saturated heterocycles. The van der Waals surface area contributed by atoms with E-state index in [0.29, 0.717) is 16.3 Å². The number of imide groups is 2. The van der Waals surface area contributed by atoms with Crippen LogP contribution in [0.4, 0.5) is 16.2 Å². The Kier molecular flexibility index (Phi) is 6.54. The maximum Gasteiger partial charge on any atom is 0.335 e. The number of nitrogens with zero attached hydrogens (tertiary/aromatic N) is 2. The Bertz CT molecular complexity index is 1260. The van der Waals surface area contributed by atoms with Gasteiger partial charge in [0.25, 0.3) is 11.8 Å². The maximum absolute atomic E-state index is 13.4. The molecule has 2 aromatic rings. The number of barbiturate groups is 1.